The fourth-order valence-corrected chi connectivity index (χ4v) is 3.00. The first kappa shape index (κ1) is 16.3. The quantitative estimate of drug-likeness (QED) is 0.640. The molecule has 1 heterocycles. The number of hydrogen-bond donors (Lipinski definition) is 4. The van der Waals surface area contributed by atoms with Crippen molar-refractivity contribution in [3.8, 4) is 5.75 Å². The van der Waals surface area contributed by atoms with Crippen LogP contribution in [0.2, 0.25) is 0 Å². The highest BCUT2D eigenvalue weighted by molar-refractivity contribution is 6.05. The molecule has 1 aliphatic heterocycles. The molecule has 2 aromatic carbocycles. The molecular weight excluding hydrogens is 304 g/mol. The van der Waals surface area contributed by atoms with Crippen LogP contribution >= 0.6 is 0 Å². The van der Waals surface area contributed by atoms with Gasteiger partial charge in [0.2, 0.25) is 0 Å². The van der Waals surface area contributed by atoms with Gasteiger partial charge in [0.05, 0.1) is 5.69 Å². The number of phenols is 1. The summed E-state index contributed by atoms with van der Waals surface area (Å²) in [6.45, 7) is 1.39. The van der Waals surface area contributed by atoms with Crippen molar-refractivity contribution in [1.82, 2.24) is 0 Å². The van der Waals surface area contributed by atoms with Crippen molar-refractivity contribution in [3.63, 3.8) is 0 Å². The number of carbonyl (C=O) groups is 1. The van der Waals surface area contributed by atoms with Crippen molar-refractivity contribution in [2.75, 3.05) is 23.3 Å². The van der Waals surface area contributed by atoms with Gasteiger partial charge in [0.25, 0.3) is 5.91 Å². The van der Waals surface area contributed by atoms with Crippen LogP contribution in [0, 0.1) is 0 Å². The molecule has 1 aliphatic rings. The highest BCUT2D eigenvalue weighted by Crippen LogP contribution is 2.30. The summed E-state index contributed by atoms with van der Waals surface area (Å²) in [6, 6.07) is 14.1. The molecule has 0 unspecified atom stereocenters. The van der Waals surface area contributed by atoms with E-state index in [9.17, 15) is 9.90 Å². The molecule has 0 aromatic heterocycles. The Morgan fingerprint density at radius 1 is 1.08 bits per heavy atom. The average molecular weight is 326 g/mol. The Kier molecular flexibility index (Phi) is 4.69. The van der Waals surface area contributed by atoms with E-state index in [0.717, 1.165) is 12.1 Å². The summed E-state index contributed by atoms with van der Waals surface area (Å²) >= 11 is 0. The third kappa shape index (κ3) is 3.67. The number of nitrogens with zero attached hydrogens (tertiary/aromatic N) is 1. The lowest BCUT2D eigenvalue weighted by Crippen LogP contribution is -2.52. The lowest BCUT2D eigenvalue weighted by Gasteiger charge is -2.36. The Balaban J connectivity index is 1.74. The van der Waals surface area contributed by atoms with Crippen molar-refractivity contribution in [2.45, 2.75) is 18.5 Å². The first-order valence-electron chi connectivity index (χ1n) is 7.98. The second-order valence-electron chi connectivity index (χ2n) is 6.18. The van der Waals surface area contributed by atoms with E-state index >= 15 is 0 Å². The number of piperidine rings is 1. The minimum atomic E-state index is -0.263. The Hall–Kier alpha value is -2.57. The lowest BCUT2D eigenvalue weighted by atomic mass is 10.0. The van der Waals surface area contributed by atoms with E-state index < -0.39 is 0 Å². The molecule has 6 heteroatoms. The molecule has 0 radical (unpaired) electrons. The number of nitrogens with one attached hydrogen (secondary N) is 1. The molecule has 2 atom stereocenters. The minimum absolute atomic E-state index is 0.0181. The monoisotopic (exact) mass is 326 g/mol. The summed E-state index contributed by atoms with van der Waals surface area (Å²) in [7, 11) is 0. The average Bonchev–Trinajstić information content (AvgIpc) is 2.56. The van der Waals surface area contributed by atoms with Crippen LogP contribution in [-0.2, 0) is 0 Å². The van der Waals surface area contributed by atoms with Gasteiger partial charge >= 0.3 is 0 Å². The molecule has 1 saturated heterocycles. The van der Waals surface area contributed by atoms with Gasteiger partial charge in [-0.05, 0) is 30.7 Å². The first-order chi connectivity index (χ1) is 11.5. The van der Waals surface area contributed by atoms with Gasteiger partial charge in [-0.25, -0.2) is 0 Å². The fourth-order valence-electron chi connectivity index (χ4n) is 3.00. The topological polar surface area (TPSA) is 105 Å². The zero-order chi connectivity index (χ0) is 17.1. The molecule has 3 rings (SSSR count). The summed E-state index contributed by atoms with van der Waals surface area (Å²) in [5.74, 6) is -0.245. The van der Waals surface area contributed by atoms with E-state index in [0.29, 0.717) is 24.3 Å². The van der Waals surface area contributed by atoms with Gasteiger partial charge in [0.15, 0.2) is 0 Å². The van der Waals surface area contributed by atoms with E-state index in [-0.39, 0.29) is 23.7 Å². The zero-order valence-electron chi connectivity index (χ0n) is 13.4. The molecule has 1 amide bonds. The summed E-state index contributed by atoms with van der Waals surface area (Å²) in [6.07, 6.45) is 0.799. The van der Waals surface area contributed by atoms with Crippen molar-refractivity contribution < 1.29 is 9.90 Å². The lowest BCUT2D eigenvalue weighted by molar-refractivity contribution is 0.102. The number of aromatic hydroxyl groups is 1. The first-order valence-corrected chi connectivity index (χ1v) is 7.98. The maximum atomic E-state index is 12.2. The molecule has 0 spiro atoms. The molecule has 6 N–H and O–H groups in total. The second kappa shape index (κ2) is 6.90. The number of hydrogen-bond acceptors (Lipinski definition) is 5. The predicted molar refractivity (Wildman–Crippen MR) is 95.3 cm³/mol. The van der Waals surface area contributed by atoms with Crippen molar-refractivity contribution in [2.24, 2.45) is 11.5 Å². The standard InChI is InChI=1S/C18H22N4O2/c19-13-8-14(20)11-22(10-13)15-6-7-16(17(23)9-15)21-18(24)12-4-2-1-3-5-12/h1-7,9,13-14,23H,8,10-11,19-20H2,(H,21,24)/t13-,14+. The van der Waals surface area contributed by atoms with E-state index in [1.807, 2.05) is 12.1 Å². The summed E-state index contributed by atoms with van der Waals surface area (Å²) in [5.41, 5.74) is 13.8. The van der Waals surface area contributed by atoms with Gasteiger partial charge in [0.1, 0.15) is 5.75 Å². The second-order valence-corrected chi connectivity index (χ2v) is 6.18. The van der Waals surface area contributed by atoms with Crippen LogP contribution in [0.1, 0.15) is 16.8 Å². The van der Waals surface area contributed by atoms with Crippen LogP contribution in [0.25, 0.3) is 0 Å². The molecule has 24 heavy (non-hydrogen) atoms. The molecule has 2 aromatic rings. The number of nitrogens with two attached hydrogens (primary N) is 2. The van der Waals surface area contributed by atoms with Gasteiger partial charge in [0, 0.05) is 42.5 Å². The van der Waals surface area contributed by atoms with Crippen LogP contribution in [-0.4, -0.2) is 36.2 Å². The number of amides is 1. The Morgan fingerprint density at radius 3 is 2.38 bits per heavy atom. The van der Waals surface area contributed by atoms with Gasteiger partial charge in [-0.2, -0.15) is 0 Å². The molecular formula is C18H22N4O2. The van der Waals surface area contributed by atoms with E-state index in [4.69, 9.17) is 11.5 Å². The number of rotatable bonds is 3. The van der Waals surface area contributed by atoms with Crippen LogP contribution in [0.4, 0.5) is 11.4 Å². The third-order valence-corrected chi connectivity index (χ3v) is 4.15. The highest BCUT2D eigenvalue weighted by Gasteiger charge is 2.23. The van der Waals surface area contributed by atoms with Gasteiger partial charge in [-0.15, -0.1) is 0 Å². The molecule has 1 fully saturated rings. The van der Waals surface area contributed by atoms with Gasteiger partial charge in [-0.3, -0.25) is 4.79 Å². The highest BCUT2D eigenvalue weighted by atomic mass is 16.3. The SMILES string of the molecule is N[C@@H]1C[C@H](N)CN(c2ccc(NC(=O)c3ccccc3)c(O)c2)C1. The number of benzene rings is 2. The van der Waals surface area contributed by atoms with Crippen LogP contribution in [0.15, 0.2) is 48.5 Å². The van der Waals surface area contributed by atoms with E-state index in [2.05, 4.69) is 10.2 Å². The van der Waals surface area contributed by atoms with E-state index in [1.54, 1.807) is 36.4 Å². The number of anilines is 2. The van der Waals surface area contributed by atoms with Crippen LogP contribution < -0.4 is 21.7 Å². The maximum absolute atomic E-state index is 12.2. The van der Waals surface area contributed by atoms with Crippen LogP contribution in [0.3, 0.4) is 0 Å². The summed E-state index contributed by atoms with van der Waals surface area (Å²) in [4.78, 5) is 14.2. The van der Waals surface area contributed by atoms with E-state index in [1.165, 1.54) is 0 Å². The van der Waals surface area contributed by atoms with Crippen molar-refractivity contribution >= 4 is 17.3 Å². The summed E-state index contributed by atoms with van der Waals surface area (Å²) in [5, 5.41) is 13.0. The normalized spacial score (nSPS) is 20.7. The smallest absolute Gasteiger partial charge is 0.255 e. The Labute approximate surface area is 141 Å². The van der Waals surface area contributed by atoms with Gasteiger partial charge < -0.3 is 26.8 Å². The predicted octanol–water partition coefficient (Wildman–Crippen LogP) is 1.51. The van der Waals surface area contributed by atoms with Crippen molar-refractivity contribution in [1.29, 1.82) is 0 Å². The number of carbonyl (C=O) groups excluding carboxylic acids is 1. The fraction of sp³-hybridized carbons (Fsp3) is 0.278. The molecule has 0 saturated carbocycles. The Bertz CT molecular complexity index is 710. The molecule has 126 valence electrons. The minimum Gasteiger partial charge on any atom is -0.506 e. The number of phenolic OH excluding ortho intramolecular Hbond substituents is 1. The zero-order valence-corrected chi connectivity index (χ0v) is 13.4. The summed E-state index contributed by atoms with van der Waals surface area (Å²) < 4.78 is 0. The molecule has 0 bridgehead atoms. The Morgan fingerprint density at radius 2 is 1.75 bits per heavy atom. The van der Waals surface area contributed by atoms with Gasteiger partial charge in [-0.1, -0.05) is 18.2 Å². The maximum Gasteiger partial charge on any atom is 0.255 e. The largest absolute Gasteiger partial charge is 0.506 e. The molecule has 6 nitrogen and oxygen atoms in total. The van der Waals surface area contributed by atoms with Crippen LogP contribution in [0.5, 0.6) is 5.75 Å². The van der Waals surface area contributed by atoms with Crippen molar-refractivity contribution in [3.05, 3.63) is 54.1 Å². The molecule has 0 aliphatic carbocycles. The third-order valence-electron chi connectivity index (χ3n) is 4.15.